The molecule has 3 rings (SSSR count). The van der Waals surface area contributed by atoms with Crippen molar-refractivity contribution in [1.82, 2.24) is 5.06 Å². The van der Waals surface area contributed by atoms with Crippen molar-refractivity contribution in [3.63, 3.8) is 0 Å². The van der Waals surface area contributed by atoms with Gasteiger partial charge in [0, 0.05) is 29.6 Å². The number of hydrogen-bond donors (Lipinski definition) is 0. The van der Waals surface area contributed by atoms with Crippen LogP contribution in [0.25, 0.3) is 11.0 Å². The molecule has 10 heteroatoms. The quantitative estimate of drug-likeness (QED) is 0.525. The molecule has 0 spiro atoms. The van der Waals surface area contributed by atoms with Crippen LogP contribution < -0.4 is 4.90 Å². The first kappa shape index (κ1) is 23.5. The Hall–Kier alpha value is -2.17. The zero-order valence-corrected chi connectivity index (χ0v) is 19.5. The zero-order valence-electron chi connectivity index (χ0n) is 17.9. The Bertz CT molecular complexity index is 965. The van der Waals surface area contributed by atoms with Crippen LogP contribution in [0.15, 0.2) is 21.0 Å². The molecular formula is C21H26BrFN2O6. The third-order valence-corrected chi connectivity index (χ3v) is 5.76. The summed E-state index contributed by atoms with van der Waals surface area (Å²) in [5.41, 5.74) is 0.0313. The van der Waals surface area contributed by atoms with Gasteiger partial charge < -0.3 is 13.9 Å². The number of anilines is 1. The Kier molecular flexibility index (Phi) is 7.55. The number of hydroxylamine groups is 2. The molecule has 8 nitrogen and oxygen atoms in total. The van der Waals surface area contributed by atoms with Crippen molar-refractivity contribution in [2.45, 2.75) is 45.3 Å². The molecule has 170 valence electrons. The van der Waals surface area contributed by atoms with Crippen LogP contribution in [0.3, 0.4) is 0 Å². The number of fused-ring (bicyclic) bond motifs is 1. The second-order valence-corrected chi connectivity index (χ2v) is 8.09. The van der Waals surface area contributed by atoms with E-state index in [1.807, 2.05) is 6.92 Å². The number of ether oxygens (including phenoxy) is 2. The van der Waals surface area contributed by atoms with E-state index in [4.69, 9.17) is 18.7 Å². The summed E-state index contributed by atoms with van der Waals surface area (Å²) in [5.74, 6) is -1.52. The molecule has 0 unspecified atom stereocenters. The summed E-state index contributed by atoms with van der Waals surface area (Å²) >= 11 is 3.28. The fourth-order valence-corrected chi connectivity index (χ4v) is 4.15. The topological polar surface area (TPSA) is 81.5 Å². The minimum atomic E-state index is -0.660. The molecule has 2 atom stereocenters. The Morgan fingerprint density at radius 1 is 1.32 bits per heavy atom. The fourth-order valence-electron chi connectivity index (χ4n) is 3.72. The first-order chi connectivity index (χ1) is 14.8. The third-order valence-electron chi connectivity index (χ3n) is 5.30. The normalized spacial score (nSPS) is 18.8. The maximum absolute atomic E-state index is 14.7. The highest BCUT2D eigenvalue weighted by Crippen LogP contribution is 2.40. The minimum absolute atomic E-state index is 0.0434. The average molecular weight is 501 g/mol. The Labute approximate surface area is 188 Å². The number of furan rings is 1. The number of carbonyl (C=O) groups excluding carboxylic acids is 2. The van der Waals surface area contributed by atoms with E-state index >= 15 is 0 Å². The van der Waals surface area contributed by atoms with Gasteiger partial charge in [0.05, 0.1) is 19.8 Å². The number of carbonyl (C=O) groups is 2. The van der Waals surface area contributed by atoms with Gasteiger partial charge in [-0.15, -0.1) is 0 Å². The molecule has 1 aromatic carbocycles. The molecule has 0 bridgehead atoms. The smallest absolute Gasteiger partial charge is 0.414 e. The van der Waals surface area contributed by atoms with Crippen LogP contribution in [-0.4, -0.2) is 56.6 Å². The van der Waals surface area contributed by atoms with Gasteiger partial charge >= 0.3 is 12.0 Å². The molecule has 1 aliphatic rings. The molecule has 0 aliphatic carbocycles. The van der Waals surface area contributed by atoms with Crippen molar-refractivity contribution in [1.29, 1.82) is 0 Å². The van der Waals surface area contributed by atoms with Gasteiger partial charge in [-0.25, -0.2) is 14.2 Å². The van der Waals surface area contributed by atoms with Crippen molar-refractivity contribution in [3.8, 4) is 0 Å². The maximum atomic E-state index is 14.7. The summed E-state index contributed by atoms with van der Waals surface area (Å²) in [6.07, 6.45) is 1.18. The monoisotopic (exact) mass is 500 g/mol. The van der Waals surface area contributed by atoms with Gasteiger partial charge in [-0.1, -0.05) is 22.9 Å². The van der Waals surface area contributed by atoms with Crippen molar-refractivity contribution in [3.05, 3.63) is 28.2 Å². The van der Waals surface area contributed by atoms with Crippen molar-refractivity contribution in [2.75, 3.05) is 32.3 Å². The molecule has 0 N–H and O–H groups in total. The van der Waals surface area contributed by atoms with Crippen LogP contribution in [-0.2, 0) is 14.3 Å². The lowest BCUT2D eigenvalue weighted by molar-refractivity contribution is -0.0772. The summed E-state index contributed by atoms with van der Waals surface area (Å²) in [4.78, 5) is 32.6. The van der Waals surface area contributed by atoms with E-state index in [2.05, 4.69) is 15.9 Å². The predicted molar refractivity (Wildman–Crippen MR) is 116 cm³/mol. The molecule has 0 saturated carbocycles. The van der Waals surface area contributed by atoms with E-state index in [9.17, 15) is 14.0 Å². The van der Waals surface area contributed by atoms with Crippen molar-refractivity contribution >= 4 is 44.6 Å². The highest BCUT2D eigenvalue weighted by Gasteiger charge is 2.38. The standard InChI is InChI=1S/C21H26BrFN2O6/c1-5-14-11-13(7-8-30-14)25(21(27)29-6-2)17-15-9-12(22)10-16(23)18(15)31-19(17)20(26)24(3)28-4/h9-10,13-14H,5-8,11H2,1-4H3/t13-,14-/m0/s1. The fraction of sp³-hybridized carbons (Fsp3) is 0.524. The summed E-state index contributed by atoms with van der Waals surface area (Å²) in [6, 6.07) is 2.53. The van der Waals surface area contributed by atoms with E-state index in [1.165, 1.54) is 25.1 Å². The molecule has 2 heterocycles. The van der Waals surface area contributed by atoms with Crippen LogP contribution in [0.2, 0.25) is 0 Å². The van der Waals surface area contributed by atoms with Gasteiger partial charge in [-0.2, -0.15) is 0 Å². The second-order valence-electron chi connectivity index (χ2n) is 7.18. The average Bonchev–Trinajstić information content (AvgIpc) is 3.12. The molecule has 0 radical (unpaired) electrons. The number of benzene rings is 1. The van der Waals surface area contributed by atoms with Crippen LogP contribution in [0, 0.1) is 5.82 Å². The molecule has 2 aromatic rings. The van der Waals surface area contributed by atoms with Gasteiger partial charge in [0.25, 0.3) is 0 Å². The van der Waals surface area contributed by atoms with Crippen LogP contribution in [0.1, 0.15) is 43.7 Å². The highest BCUT2D eigenvalue weighted by molar-refractivity contribution is 9.10. The molecule has 1 saturated heterocycles. The zero-order chi connectivity index (χ0) is 22.7. The third kappa shape index (κ3) is 4.70. The number of rotatable bonds is 6. The van der Waals surface area contributed by atoms with E-state index in [-0.39, 0.29) is 41.2 Å². The Morgan fingerprint density at radius 2 is 2.06 bits per heavy atom. The lowest BCUT2D eigenvalue weighted by Crippen LogP contribution is -2.46. The molecule has 2 amide bonds. The molecule has 1 aromatic heterocycles. The van der Waals surface area contributed by atoms with E-state index in [0.717, 1.165) is 11.5 Å². The molecule has 1 aliphatic heterocycles. The summed E-state index contributed by atoms with van der Waals surface area (Å²) in [5, 5.41) is 1.24. The number of hydrogen-bond acceptors (Lipinski definition) is 6. The second kappa shape index (κ2) is 9.97. The number of halogens is 2. The van der Waals surface area contributed by atoms with Crippen LogP contribution in [0.5, 0.6) is 0 Å². The summed E-state index contributed by atoms with van der Waals surface area (Å²) in [6.45, 7) is 4.30. The maximum Gasteiger partial charge on any atom is 0.414 e. The lowest BCUT2D eigenvalue weighted by atomic mass is 9.99. The Morgan fingerprint density at radius 3 is 2.71 bits per heavy atom. The summed E-state index contributed by atoms with van der Waals surface area (Å²) in [7, 11) is 2.73. The molecule has 31 heavy (non-hydrogen) atoms. The van der Waals surface area contributed by atoms with Crippen LogP contribution >= 0.6 is 15.9 Å². The van der Waals surface area contributed by atoms with Gasteiger partial charge in [-0.05, 0) is 38.3 Å². The van der Waals surface area contributed by atoms with Crippen molar-refractivity contribution < 1.29 is 32.7 Å². The van der Waals surface area contributed by atoms with Gasteiger partial charge in [0.15, 0.2) is 11.4 Å². The lowest BCUT2D eigenvalue weighted by Gasteiger charge is -2.36. The van der Waals surface area contributed by atoms with E-state index < -0.39 is 17.8 Å². The van der Waals surface area contributed by atoms with Crippen LogP contribution in [0.4, 0.5) is 14.9 Å². The number of amides is 2. The van der Waals surface area contributed by atoms with Gasteiger partial charge in [-0.3, -0.25) is 14.5 Å². The predicted octanol–water partition coefficient (Wildman–Crippen LogP) is 4.89. The van der Waals surface area contributed by atoms with Gasteiger partial charge in [0.1, 0.15) is 5.69 Å². The van der Waals surface area contributed by atoms with Gasteiger partial charge in [0.2, 0.25) is 5.76 Å². The first-order valence-electron chi connectivity index (χ1n) is 10.1. The molecular weight excluding hydrogens is 475 g/mol. The number of nitrogens with zero attached hydrogens (tertiary/aromatic N) is 2. The largest absolute Gasteiger partial charge is 0.449 e. The van der Waals surface area contributed by atoms with E-state index in [1.54, 1.807) is 13.0 Å². The SMILES string of the molecule is CCOC(=O)N(c1c(C(=O)N(C)OC)oc2c(F)cc(Br)cc12)[C@H]1CCO[C@@H](CC)C1. The Balaban J connectivity index is 2.25. The molecule has 1 fully saturated rings. The highest BCUT2D eigenvalue weighted by atomic mass is 79.9. The van der Waals surface area contributed by atoms with Crippen molar-refractivity contribution in [2.24, 2.45) is 0 Å². The van der Waals surface area contributed by atoms with E-state index in [0.29, 0.717) is 23.9 Å². The first-order valence-corrected chi connectivity index (χ1v) is 10.9. The summed E-state index contributed by atoms with van der Waals surface area (Å²) < 4.78 is 31.9. The minimum Gasteiger partial charge on any atom is -0.449 e.